The first-order chi connectivity index (χ1) is 9.51. The summed E-state index contributed by atoms with van der Waals surface area (Å²) in [5.74, 6) is 0. The normalized spacial score (nSPS) is 11.5. The molecule has 0 radical (unpaired) electrons. The summed E-state index contributed by atoms with van der Waals surface area (Å²) in [6.07, 6.45) is 0.573. The highest BCUT2D eigenvalue weighted by molar-refractivity contribution is 7.89. The van der Waals surface area contributed by atoms with E-state index >= 15 is 0 Å². The van der Waals surface area contributed by atoms with Gasteiger partial charge < -0.3 is 5.32 Å². The molecular weight excluding hydrogens is 294 g/mol. The predicted molar refractivity (Wildman–Crippen MR) is 81.7 cm³/mol. The van der Waals surface area contributed by atoms with Crippen molar-refractivity contribution >= 4 is 26.5 Å². The van der Waals surface area contributed by atoms with E-state index in [0.717, 1.165) is 16.4 Å². The number of aryl methyl sites for hydroxylation is 1. The summed E-state index contributed by atoms with van der Waals surface area (Å²) in [7, 11) is -1.63. The van der Waals surface area contributed by atoms with Gasteiger partial charge in [0.05, 0.1) is 10.6 Å². The number of rotatable bonds is 6. The SMILES string of the molecule is CNc1nc(CCNS(=O)(=O)c2cccc(C)c2)cs1. The lowest BCUT2D eigenvalue weighted by Gasteiger charge is -2.06. The Balaban J connectivity index is 1.96. The van der Waals surface area contributed by atoms with E-state index in [1.807, 2.05) is 25.4 Å². The van der Waals surface area contributed by atoms with Gasteiger partial charge in [-0.1, -0.05) is 12.1 Å². The first kappa shape index (κ1) is 15.0. The molecule has 1 aromatic heterocycles. The van der Waals surface area contributed by atoms with Crippen LogP contribution in [0.25, 0.3) is 0 Å². The molecule has 0 bridgehead atoms. The van der Waals surface area contributed by atoms with E-state index in [0.29, 0.717) is 17.9 Å². The Bertz CT molecular complexity index is 680. The summed E-state index contributed by atoms with van der Waals surface area (Å²) in [4.78, 5) is 4.61. The van der Waals surface area contributed by atoms with Crippen molar-refractivity contribution < 1.29 is 8.42 Å². The molecule has 0 spiro atoms. The number of nitrogens with one attached hydrogen (secondary N) is 2. The molecule has 108 valence electrons. The van der Waals surface area contributed by atoms with Gasteiger partial charge in [0.15, 0.2) is 5.13 Å². The lowest BCUT2D eigenvalue weighted by Crippen LogP contribution is -2.26. The fourth-order valence-electron chi connectivity index (χ4n) is 1.72. The average Bonchev–Trinajstić information content (AvgIpc) is 2.86. The standard InChI is InChI=1S/C13H17N3O2S2/c1-10-4-3-5-12(8-10)20(17,18)15-7-6-11-9-19-13(14-2)16-11/h3-5,8-9,15H,6-7H2,1-2H3,(H,14,16). The van der Waals surface area contributed by atoms with Gasteiger partial charge in [-0.3, -0.25) is 0 Å². The van der Waals surface area contributed by atoms with Crippen LogP contribution in [0.3, 0.4) is 0 Å². The molecule has 2 aromatic rings. The maximum atomic E-state index is 12.1. The quantitative estimate of drug-likeness (QED) is 0.856. The molecule has 2 rings (SSSR count). The molecule has 20 heavy (non-hydrogen) atoms. The molecule has 0 saturated carbocycles. The first-order valence-electron chi connectivity index (χ1n) is 6.20. The van der Waals surface area contributed by atoms with Gasteiger partial charge in [-0.25, -0.2) is 18.1 Å². The Morgan fingerprint density at radius 3 is 2.80 bits per heavy atom. The van der Waals surface area contributed by atoms with E-state index in [1.165, 1.54) is 11.3 Å². The van der Waals surface area contributed by atoms with Crippen LogP contribution >= 0.6 is 11.3 Å². The molecule has 0 amide bonds. The number of hydrogen-bond acceptors (Lipinski definition) is 5. The molecule has 0 aliphatic heterocycles. The summed E-state index contributed by atoms with van der Waals surface area (Å²) in [6.45, 7) is 2.21. The Kier molecular flexibility index (Phi) is 4.74. The molecule has 1 aromatic carbocycles. The van der Waals surface area contributed by atoms with Crippen molar-refractivity contribution in [2.75, 3.05) is 18.9 Å². The van der Waals surface area contributed by atoms with Gasteiger partial charge in [0.25, 0.3) is 0 Å². The number of thiazole rings is 1. The summed E-state index contributed by atoms with van der Waals surface area (Å²) in [5.41, 5.74) is 1.80. The Morgan fingerprint density at radius 1 is 1.35 bits per heavy atom. The molecule has 0 fully saturated rings. The summed E-state index contributed by atoms with van der Waals surface area (Å²) in [6, 6.07) is 6.86. The molecule has 1 heterocycles. The molecule has 5 nitrogen and oxygen atoms in total. The maximum Gasteiger partial charge on any atom is 0.240 e. The van der Waals surface area contributed by atoms with Gasteiger partial charge in [0, 0.05) is 25.4 Å². The van der Waals surface area contributed by atoms with E-state index in [4.69, 9.17) is 0 Å². The third-order valence-corrected chi connectivity index (χ3v) is 5.11. The second-order valence-electron chi connectivity index (χ2n) is 4.36. The Labute approximate surface area is 123 Å². The number of benzene rings is 1. The Morgan fingerprint density at radius 2 is 2.15 bits per heavy atom. The molecule has 7 heteroatoms. The van der Waals surface area contributed by atoms with Crippen LogP contribution in [0.4, 0.5) is 5.13 Å². The second-order valence-corrected chi connectivity index (χ2v) is 6.98. The van der Waals surface area contributed by atoms with Crippen molar-refractivity contribution in [2.24, 2.45) is 0 Å². The second kappa shape index (κ2) is 6.34. The minimum atomic E-state index is -3.44. The van der Waals surface area contributed by atoms with Crippen LogP contribution in [0, 0.1) is 6.92 Å². The van der Waals surface area contributed by atoms with Gasteiger partial charge in [-0.2, -0.15) is 0 Å². The fourth-order valence-corrected chi connectivity index (χ4v) is 3.56. The average molecular weight is 311 g/mol. The third-order valence-electron chi connectivity index (χ3n) is 2.74. The van der Waals surface area contributed by atoms with Crippen LogP contribution in [0.5, 0.6) is 0 Å². The lowest BCUT2D eigenvalue weighted by molar-refractivity contribution is 0.581. The van der Waals surface area contributed by atoms with Crippen LogP contribution in [-0.2, 0) is 16.4 Å². The van der Waals surface area contributed by atoms with Crippen molar-refractivity contribution in [1.82, 2.24) is 9.71 Å². The van der Waals surface area contributed by atoms with Crippen molar-refractivity contribution in [3.8, 4) is 0 Å². The van der Waals surface area contributed by atoms with Crippen molar-refractivity contribution in [1.29, 1.82) is 0 Å². The van der Waals surface area contributed by atoms with Gasteiger partial charge in [0.1, 0.15) is 0 Å². The largest absolute Gasteiger partial charge is 0.365 e. The summed E-state index contributed by atoms with van der Waals surface area (Å²) in [5, 5.41) is 5.71. The highest BCUT2D eigenvalue weighted by Crippen LogP contribution is 2.15. The summed E-state index contributed by atoms with van der Waals surface area (Å²) < 4.78 is 26.8. The van der Waals surface area contributed by atoms with Crippen molar-refractivity contribution in [3.63, 3.8) is 0 Å². The minimum absolute atomic E-state index is 0.298. The molecule has 0 unspecified atom stereocenters. The topological polar surface area (TPSA) is 71.1 Å². The highest BCUT2D eigenvalue weighted by Gasteiger charge is 2.13. The number of hydrogen-bond donors (Lipinski definition) is 2. The van der Waals surface area contributed by atoms with Crippen LogP contribution in [0.2, 0.25) is 0 Å². The Hall–Kier alpha value is -1.44. The van der Waals surface area contributed by atoms with E-state index < -0.39 is 10.0 Å². The van der Waals surface area contributed by atoms with Crippen LogP contribution in [0.1, 0.15) is 11.3 Å². The molecular formula is C13H17N3O2S2. The number of nitrogens with zero attached hydrogens (tertiary/aromatic N) is 1. The van der Waals surface area contributed by atoms with E-state index in [2.05, 4.69) is 15.0 Å². The zero-order valence-electron chi connectivity index (χ0n) is 11.4. The third kappa shape index (κ3) is 3.78. The monoisotopic (exact) mass is 311 g/mol. The highest BCUT2D eigenvalue weighted by atomic mass is 32.2. The number of anilines is 1. The van der Waals surface area contributed by atoms with E-state index in [-0.39, 0.29) is 0 Å². The van der Waals surface area contributed by atoms with Crippen LogP contribution in [0.15, 0.2) is 34.5 Å². The van der Waals surface area contributed by atoms with Gasteiger partial charge >= 0.3 is 0 Å². The molecule has 0 atom stereocenters. The van der Waals surface area contributed by atoms with E-state index in [9.17, 15) is 8.42 Å². The molecule has 0 aliphatic carbocycles. The number of aromatic nitrogens is 1. The van der Waals surface area contributed by atoms with Gasteiger partial charge in [-0.15, -0.1) is 11.3 Å². The first-order valence-corrected chi connectivity index (χ1v) is 8.56. The smallest absolute Gasteiger partial charge is 0.240 e. The summed E-state index contributed by atoms with van der Waals surface area (Å²) >= 11 is 1.51. The molecule has 0 aliphatic rings. The maximum absolute atomic E-state index is 12.1. The minimum Gasteiger partial charge on any atom is -0.365 e. The van der Waals surface area contributed by atoms with Gasteiger partial charge in [0.2, 0.25) is 10.0 Å². The van der Waals surface area contributed by atoms with E-state index in [1.54, 1.807) is 18.2 Å². The number of sulfonamides is 1. The lowest BCUT2D eigenvalue weighted by atomic mass is 10.2. The molecule has 0 saturated heterocycles. The predicted octanol–water partition coefficient (Wildman–Crippen LogP) is 2.01. The van der Waals surface area contributed by atoms with Gasteiger partial charge in [-0.05, 0) is 24.6 Å². The van der Waals surface area contributed by atoms with Crippen molar-refractivity contribution in [2.45, 2.75) is 18.2 Å². The molecule has 2 N–H and O–H groups in total. The van der Waals surface area contributed by atoms with Crippen LogP contribution < -0.4 is 10.0 Å². The van der Waals surface area contributed by atoms with Crippen molar-refractivity contribution in [3.05, 3.63) is 40.9 Å². The fraction of sp³-hybridized carbons (Fsp3) is 0.308. The zero-order valence-corrected chi connectivity index (χ0v) is 13.0. The zero-order chi connectivity index (χ0) is 14.6. The van der Waals surface area contributed by atoms with Crippen LogP contribution in [-0.4, -0.2) is 27.0 Å².